The van der Waals surface area contributed by atoms with Gasteiger partial charge in [0.25, 0.3) is 5.91 Å². The SMILES string of the molecule is COc1ccc(CC(=O)OCC(=O)N[C@@H](C)c2cccc3ccccc23)cc1. The predicted molar refractivity (Wildman–Crippen MR) is 108 cm³/mol. The van der Waals surface area contributed by atoms with Crippen molar-refractivity contribution in [1.82, 2.24) is 5.32 Å². The van der Waals surface area contributed by atoms with Gasteiger partial charge >= 0.3 is 5.97 Å². The van der Waals surface area contributed by atoms with E-state index in [0.29, 0.717) is 0 Å². The first kappa shape index (κ1) is 19.4. The van der Waals surface area contributed by atoms with Crippen molar-refractivity contribution in [3.63, 3.8) is 0 Å². The zero-order valence-corrected chi connectivity index (χ0v) is 16.0. The summed E-state index contributed by atoms with van der Waals surface area (Å²) in [5.74, 6) is -0.0550. The number of benzene rings is 3. The predicted octanol–water partition coefficient (Wildman–Crippen LogP) is 3.81. The van der Waals surface area contributed by atoms with Crippen LogP contribution in [0.4, 0.5) is 0 Å². The Hall–Kier alpha value is -3.34. The number of ether oxygens (including phenoxy) is 2. The van der Waals surface area contributed by atoms with E-state index < -0.39 is 5.97 Å². The molecule has 144 valence electrons. The molecule has 28 heavy (non-hydrogen) atoms. The van der Waals surface area contributed by atoms with Crippen molar-refractivity contribution >= 4 is 22.6 Å². The molecule has 0 radical (unpaired) electrons. The highest BCUT2D eigenvalue weighted by Crippen LogP contribution is 2.23. The molecule has 0 aliphatic carbocycles. The number of fused-ring (bicyclic) bond motifs is 1. The average Bonchev–Trinajstić information content (AvgIpc) is 2.72. The van der Waals surface area contributed by atoms with Gasteiger partial charge in [0.2, 0.25) is 0 Å². The van der Waals surface area contributed by atoms with E-state index in [1.807, 2.05) is 49.4 Å². The number of carbonyl (C=O) groups is 2. The summed E-state index contributed by atoms with van der Waals surface area (Å²) in [5.41, 5.74) is 1.83. The fourth-order valence-corrected chi connectivity index (χ4v) is 3.10. The summed E-state index contributed by atoms with van der Waals surface area (Å²) in [6, 6.07) is 21.0. The topological polar surface area (TPSA) is 64.6 Å². The van der Waals surface area contributed by atoms with Gasteiger partial charge in [0.15, 0.2) is 6.61 Å². The van der Waals surface area contributed by atoms with E-state index in [4.69, 9.17) is 9.47 Å². The lowest BCUT2D eigenvalue weighted by Gasteiger charge is -2.16. The van der Waals surface area contributed by atoms with Gasteiger partial charge in [0.1, 0.15) is 5.75 Å². The Morgan fingerprint density at radius 1 is 0.964 bits per heavy atom. The van der Waals surface area contributed by atoms with Crippen LogP contribution in [0.1, 0.15) is 24.1 Å². The smallest absolute Gasteiger partial charge is 0.310 e. The first-order valence-electron chi connectivity index (χ1n) is 9.12. The van der Waals surface area contributed by atoms with E-state index in [0.717, 1.165) is 27.6 Å². The van der Waals surface area contributed by atoms with Gasteiger partial charge in [-0.15, -0.1) is 0 Å². The molecule has 0 fully saturated rings. The maximum atomic E-state index is 12.2. The molecule has 0 aliphatic rings. The number of carbonyl (C=O) groups excluding carboxylic acids is 2. The number of esters is 1. The van der Waals surface area contributed by atoms with Crippen LogP contribution < -0.4 is 10.1 Å². The summed E-state index contributed by atoms with van der Waals surface area (Å²) in [7, 11) is 1.58. The molecular weight excluding hydrogens is 354 g/mol. The minimum absolute atomic E-state index is 0.107. The molecule has 0 bridgehead atoms. The van der Waals surface area contributed by atoms with Gasteiger partial charge < -0.3 is 14.8 Å². The van der Waals surface area contributed by atoms with E-state index in [9.17, 15) is 9.59 Å². The number of methoxy groups -OCH3 is 1. The highest BCUT2D eigenvalue weighted by atomic mass is 16.5. The molecule has 1 amide bonds. The maximum absolute atomic E-state index is 12.2. The van der Waals surface area contributed by atoms with Crippen LogP contribution in [-0.2, 0) is 20.7 Å². The van der Waals surface area contributed by atoms with Crippen molar-refractivity contribution < 1.29 is 19.1 Å². The Kier molecular flexibility index (Phi) is 6.27. The monoisotopic (exact) mass is 377 g/mol. The third-order valence-corrected chi connectivity index (χ3v) is 4.54. The minimum Gasteiger partial charge on any atom is -0.497 e. The van der Waals surface area contributed by atoms with Gasteiger partial charge in [0.05, 0.1) is 19.6 Å². The molecule has 0 spiro atoms. The first-order valence-corrected chi connectivity index (χ1v) is 9.12. The molecule has 0 aliphatic heterocycles. The number of nitrogens with one attached hydrogen (secondary N) is 1. The fourth-order valence-electron chi connectivity index (χ4n) is 3.10. The van der Waals surface area contributed by atoms with Crippen LogP contribution in [0.2, 0.25) is 0 Å². The Morgan fingerprint density at radius 3 is 2.43 bits per heavy atom. The summed E-state index contributed by atoms with van der Waals surface area (Å²) < 4.78 is 10.2. The van der Waals surface area contributed by atoms with Gasteiger partial charge in [-0.05, 0) is 41.0 Å². The largest absolute Gasteiger partial charge is 0.497 e. The molecule has 0 aromatic heterocycles. The standard InChI is InChI=1S/C23H23NO4/c1-16(20-9-5-7-18-6-3-4-8-21(18)20)24-22(25)15-28-23(26)14-17-10-12-19(27-2)13-11-17/h3-13,16H,14-15H2,1-2H3,(H,24,25)/t16-/m0/s1. The molecule has 5 nitrogen and oxygen atoms in total. The van der Waals surface area contributed by atoms with Gasteiger partial charge in [-0.1, -0.05) is 54.6 Å². The summed E-state index contributed by atoms with van der Waals surface area (Å²) in [6.07, 6.45) is 0.107. The molecule has 0 unspecified atom stereocenters. The molecule has 0 heterocycles. The van der Waals surface area contributed by atoms with Gasteiger partial charge in [-0.25, -0.2) is 0 Å². The fraction of sp³-hybridized carbons (Fsp3) is 0.217. The molecule has 5 heteroatoms. The highest BCUT2D eigenvalue weighted by molar-refractivity contribution is 5.87. The Bertz CT molecular complexity index is 961. The van der Waals surface area contributed by atoms with Crippen molar-refractivity contribution in [2.24, 2.45) is 0 Å². The molecule has 3 aromatic carbocycles. The molecule has 3 aromatic rings. The summed E-state index contributed by atoms with van der Waals surface area (Å²) in [5, 5.41) is 5.10. The van der Waals surface area contributed by atoms with Crippen LogP contribution in [0.25, 0.3) is 10.8 Å². The van der Waals surface area contributed by atoms with Gasteiger partial charge in [-0.2, -0.15) is 0 Å². The average molecular weight is 377 g/mol. The van der Waals surface area contributed by atoms with Crippen LogP contribution in [0.15, 0.2) is 66.7 Å². The van der Waals surface area contributed by atoms with E-state index in [-0.39, 0.29) is 25.0 Å². The Labute approximate surface area is 164 Å². The van der Waals surface area contributed by atoms with Gasteiger partial charge in [0, 0.05) is 0 Å². The number of amides is 1. The van der Waals surface area contributed by atoms with Crippen LogP contribution in [0.3, 0.4) is 0 Å². The second kappa shape index (κ2) is 9.04. The summed E-state index contributed by atoms with van der Waals surface area (Å²) in [6.45, 7) is 1.61. The summed E-state index contributed by atoms with van der Waals surface area (Å²) >= 11 is 0. The van der Waals surface area contributed by atoms with Crippen LogP contribution in [0.5, 0.6) is 5.75 Å². The molecule has 0 saturated carbocycles. The van der Waals surface area contributed by atoms with E-state index in [1.165, 1.54) is 0 Å². The van der Waals surface area contributed by atoms with Crippen LogP contribution in [0, 0.1) is 0 Å². The zero-order valence-electron chi connectivity index (χ0n) is 16.0. The number of rotatable bonds is 7. The minimum atomic E-state index is -0.446. The van der Waals surface area contributed by atoms with Crippen molar-refractivity contribution in [2.45, 2.75) is 19.4 Å². The van der Waals surface area contributed by atoms with Crippen LogP contribution >= 0.6 is 0 Å². The van der Waals surface area contributed by atoms with E-state index in [2.05, 4.69) is 5.32 Å². The second-order valence-corrected chi connectivity index (χ2v) is 6.54. The highest BCUT2D eigenvalue weighted by Gasteiger charge is 2.14. The third kappa shape index (κ3) is 4.88. The lowest BCUT2D eigenvalue weighted by Crippen LogP contribution is -2.31. The lowest BCUT2D eigenvalue weighted by molar-refractivity contribution is -0.148. The van der Waals surface area contributed by atoms with Crippen molar-refractivity contribution in [3.05, 3.63) is 77.9 Å². The second-order valence-electron chi connectivity index (χ2n) is 6.54. The van der Waals surface area contributed by atoms with E-state index >= 15 is 0 Å². The molecule has 1 N–H and O–H groups in total. The zero-order chi connectivity index (χ0) is 19.9. The van der Waals surface area contributed by atoms with Crippen molar-refractivity contribution in [3.8, 4) is 5.75 Å². The van der Waals surface area contributed by atoms with E-state index in [1.54, 1.807) is 31.4 Å². The summed E-state index contributed by atoms with van der Waals surface area (Å²) in [4.78, 5) is 24.2. The normalized spacial score (nSPS) is 11.6. The van der Waals surface area contributed by atoms with Gasteiger partial charge in [-0.3, -0.25) is 9.59 Å². The molecule has 0 saturated heterocycles. The van der Waals surface area contributed by atoms with Crippen molar-refractivity contribution in [2.75, 3.05) is 13.7 Å². The van der Waals surface area contributed by atoms with Crippen LogP contribution in [-0.4, -0.2) is 25.6 Å². The third-order valence-electron chi connectivity index (χ3n) is 4.54. The lowest BCUT2D eigenvalue weighted by atomic mass is 10.00. The molecule has 1 atom stereocenters. The van der Waals surface area contributed by atoms with Crippen molar-refractivity contribution in [1.29, 1.82) is 0 Å². The maximum Gasteiger partial charge on any atom is 0.310 e. The molecular formula is C23H23NO4. The quantitative estimate of drug-likeness (QED) is 0.636. The Morgan fingerprint density at radius 2 is 1.68 bits per heavy atom. The first-order chi connectivity index (χ1) is 13.6. The number of hydrogen-bond donors (Lipinski definition) is 1. The Balaban J connectivity index is 1.52. The number of hydrogen-bond acceptors (Lipinski definition) is 4. The molecule has 3 rings (SSSR count).